The van der Waals surface area contributed by atoms with Gasteiger partial charge in [-0.2, -0.15) is 0 Å². The SMILES string of the molecule is Cc1cccc([C@@H](C(=O)NCC(C)(C)CN(C)C)N(C)C)c1. The van der Waals surface area contributed by atoms with Gasteiger partial charge < -0.3 is 10.2 Å². The van der Waals surface area contributed by atoms with Gasteiger partial charge in [0.25, 0.3) is 0 Å². The van der Waals surface area contributed by atoms with Crippen LogP contribution in [0.1, 0.15) is 31.0 Å². The lowest BCUT2D eigenvalue weighted by Gasteiger charge is -2.30. The molecule has 0 aliphatic carbocycles. The van der Waals surface area contributed by atoms with Crippen molar-refractivity contribution in [2.24, 2.45) is 5.41 Å². The summed E-state index contributed by atoms with van der Waals surface area (Å²) >= 11 is 0. The molecule has 1 rings (SSSR count). The van der Waals surface area contributed by atoms with Crippen LogP contribution in [0.3, 0.4) is 0 Å². The van der Waals surface area contributed by atoms with Gasteiger partial charge in [-0.3, -0.25) is 9.69 Å². The highest BCUT2D eigenvalue weighted by Gasteiger charge is 2.26. The monoisotopic (exact) mass is 305 g/mol. The minimum Gasteiger partial charge on any atom is -0.354 e. The predicted octanol–water partition coefficient (Wildman–Crippen LogP) is 2.30. The first-order valence-electron chi connectivity index (χ1n) is 7.78. The topological polar surface area (TPSA) is 35.6 Å². The molecule has 1 aromatic carbocycles. The summed E-state index contributed by atoms with van der Waals surface area (Å²) in [4.78, 5) is 16.8. The minimum atomic E-state index is -0.255. The number of benzene rings is 1. The van der Waals surface area contributed by atoms with Crippen LogP contribution in [-0.4, -0.2) is 57.0 Å². The van der Waals surface area contributed by atoms with E-state index < -0.39 is 0 Å². The van der Waals surface area contributed by atoms with E-state index in [0.717, 1.165) is 12.1 Å². The van der Waals surface area contributed by atoms with E-state index in [9.17, 15) is 4.79 Å². The molecule has 0 aliphatic heterocycles. The van der Waals surface area contributed by atoms with E-state index in [1.165, 1.54) is 5.56 Å². The Balaban J connectivity index is 2.79. The van der Waals surface area contributed by atoms with Crippen LogP contribution >= 0.6 is 0 Å². The second-order valence-corrected chi connectivity index (χ2v) is 7.40. The fraction of sp³-hybridized carbons (Fsp3) is 0.611. The maximum Gasteiger partial charge on any atom is 0.241 e. The van der Waals surface area contributed by atoms with Gasteiger partial charge >= 0.3 is 0 Å². The maximum atomic E-state index is 12.7. The van der Waals surface area contributed by atoms with Crippen molar-refractivity contribution < 1.29 is 4.79 Å². The second-order valence-electron chi connectivity index (χ2n) is 7.40. The zero-order valence-corrected chi connectivity index (χ0v) is 15.1. The molecule has 22 heavy (non-hydrogen) atoms. The first kappa shape index (κ1) is 18.7. The Hall–Kier alpha value is -1.39. The van der Waals surface area contributed by atoms with Gasteiger partial charge in [-0.1, -0.05) is 43.7 Å². The van der Waals surface area contributed by atoms with Crippen molar-refractivity contribution in [3.8, 4) is 0 Å². The van der Waals surface area contributed by atoms with Crippen LogP contribution < -0.4 is 5.32 Å². The van der Waals surface area contributed by atoms with Crippen LogP contribution in [-0.2, 0) is 4.79 Å². The molecule has 0 aromatic heterocycles. The number of nitrogens with one attached hydrogen (secondary N) is 1. The number of carbonyl (C=O) groups excluding carboxylic acids is 1. The van der Waals surface area contributed by atoms with Gasteiger partial charge in [0.1, 0.15) is 6.04 Å². The molecule has 1 N–H and O–H groups in total. The molecule has 0 aliphatic rings. The molecule has 0 unspecified atom stereocenters. The number of carbonyl (C=O) groups is 1. The van der Waals surface area contributed by atoms with Gasteiger partial charge in [-0.15, -0.1) is 0 Å². The summed E-state index contributed by atoms with van der Waals surface area (Å²) in [7, 11) is 7.99. The zero-order valence-electron chi connectivity index (χ0n) is 15.1. The minimum absolute atomic E-state index is 0.0443. The highest BCUT2D eigenvalue weighted by Crippen LogP contribution is 2.21. The van der Waals surface area contributed by atoms with E-state index in [1.54, 1.807) is 0 Å². The van der Waals surface area contributed by atoms with Crippen LogP contribution in [0.2, 0.25) is 0 Å². The molecule has 0 fully saturated rings. The molecule has 0 heterocycles. The molecular weight excluding hydrogens is 274 g/mol. The van der Waals surface area contributed by atoms with Crippen molar-refractivity contribution in [3.05, 3.63) is 35.4 Å². The molecule has 124 valence electrons. The molecule has 0 saturated carbocycles. The molecule has 4 nitrogen and oxygen atoms in total. The molecule has 0 saturated heterocycles. The van der Waals surface area contributed by atoms with Crippen molar-refractivity contribution in [1.29, 1.82) is 0 Å². The first-order valence-corrected chi connectivity index (χ1v) is 7.78. The fourth-order valence-corrected chi connectivity index (χ4v) is 2.86. The average Bonchev–Trinajstić information content (AvgIpc) is 2.35. The van der Waals surface area contributed by atoms with Crippen LogP contribution in [0.15, 0.2) is 24.3 Å². The molecule has 0 bridgehead atoms. The number of likely N-dealkylation sites (N-methyl/N-ethyl adjacent to an activating group) is 1. The van der Waals surface area contributed by atoms with Crippen molar-refractivity contribution in [2.45, 2.75) is 26.8 Å². The predicted molar refractivity (Wildman–Crippen MR) is 93.0 cm³/mol. The highest BCUT2D eigenvalue weighted by atomic mass is 16.2. The van der Waals surface area contributed by atoms with Crippen molar-refractivity contribution in [1.82, 2.24) is 15.1 Å². The van der Waals surface area contributed by atoms with Crippen molar-refractivity contribution in [3.63, 3.8) is 0 Å². The molecule has 0 radical (unpaired) electrons. The second kappa shape index (κ2) is 7.75. The van der Waals surface area contributed by atoms with E-state index in [0.29, 0.717) is 6.54 Å². The van der Waals surface area contributed by atoms with Crippen LogP contribution in [0.25, 0.3) is 0 Å². The Kier molecular flexibility index (Phi) is 6.57. The Morgan fingerprint density at radius 3 is 2.36 bits per heavy atom. The standard InChI is InChI=1S/C18H31N3O/c1-14-9-8-10-15(11-14)16(21(6)7)17(22)19-12-18(2,3)13-20(4)5/h8-11,16H,12-13H2,1-7H3,(H,19,22)/t16-/m0/s1. The third-order valence-corrected chi connectivity index (χ3v) is 3.61. The summed E-state index contributed by atoms with van der Waals surface area (Å²) in [6.07, 6.45) is 0. The molecule has 4 heteroatoms. The van der Waals surface area contributed by atoms with E-state index in [1.807, 2.05) is 44.1 Å². The lowest BCUT2D eigenvalue weighted by Crippen LogP contribution is -2.44. The Bertz CT molecular complexity index is 495. The Morgan fingerprint density at radius 2 is 1.86 bits per heavy atom. The van der Waals surface area contributed by atoms with Crippen molar-refractivity contribution in [2.75, 3.05) is 41.3 Å². The van der Waals surface area contributed by atoms with Gasteiger partial charge in [-0.05, 0) is 46.1 Å². The number of aryl methyl sites for hydroxylation is 1. The Morgan fingerprint density at radius 1 is 1.23 bits per heavy atom. The largest absolute Gasteiger partial charge is 0.354 e. The number of hydrogen-bond donors (Lipinski definition) is 1. The molecule has 0 spiro atoms. The lowest BCUT2D eigenvalue weighted by molar-refractivity contribution is -0.126. The average molecular weight is 305 g/mol. The van der Waals surface area contributed by atoms with Gasteiger partial charge in [0.2, 0.25) is 5.91 Å². The summed E-state index contributed by atoms with van der Waals surface area (Å²) in [5.74, 6) is 0.0578. The third kappa shape index (κ3) is 5.78. The third-order valence-electron chi connectivity index (χ3n) is 3.61. The molecule has 1 atom stereocenters. The zero-order chi connectivity index (χ0) is 16.9. The lowest BCUT2D eigenvalue weighted by atomic mass is 9.92. The summed E-state index contributed by atoms with van der Waals surface area (Å²) in [6, 6.07) is 7.89. The van der Waals surface area contributed by atoms with Gasteiger partial charge in [-0.25, -0.2) is 0 Å². The molecular formula is C18H31N3O. The number of hydrogen-bond acceptors (Lipinski definition) is 3. The highest BCUT2D eigenvalue weighted by molar-refractivity contribution is 5.83. The maximum absolute atomic E-state index is 12.7. The van der Waals surface area contributed by atoms with Crippen molar-refractivity contribution >= 4 is 5.91 Å². The van der Waals surface area contributed by atoms with E-state index in [4.69, 9.17) is 0 Å². The van der Waals surface area contributed by atoms with Gasteiger partial charge in [0.05, 0.1) is 0 Å². The van der Waals surface area contributed by atoms with Crippen LogP contribution in [0.5, 0.6) is 0 Å². The van der Waals surface area contributed by atoms with E-state index >= 15 is 0 Å². The number of nitrogens with zero attached hydrogens (tertiary/aromatic N) is 2. The van der Waals surface area contributed by atoms with Crippen LogP contribution in [0.4, 0.5) is 0 Å². The quantitative estimate of drug-likeness (QED) is 0.839. The van der Waals surface area contributed by atoms with E-state index in [2.05, 4.69) is 44.2 Å². The van der Waals surface area contributed by atoms with Gasteiger partial charge in [0.15, 0.2) is 0 Å². The fourth-order valence-electron chi connectivity index (χ4n) is 2.86. The summed E-state index contributed by atoms with van der Waals surface area (Å²) in [5.41, 5.74) is 2.25. The normalized spacial score (nSPS) is 13.5. The summed E-state index contributed by atoms with van der Waals surface area (Å²) in [6.45, 7) is 7.99. The smallest absolute Gasteiger partial charge is 0.241 e. The number of amides is 1. The Labute approximate surface area is 135 Å². The number of rotatable bonds is 7. The van der Waals surface area contributed by atoms with Crippen LogP contribution in [0, 0.1) is 12.3 Å². The van der Waals surface area contributed by atoms with E-state index in [-0.39, 0.29) is 17.4 Å². The van der Waals surface area contributed by atoms with Gasteiger partial charge in [0, 0.05) is 13.1 Å². The molecule has 1 aromatic rings. The molecule has 1 amide bonds. The summed E-state index contributed by atoms with van der Waals surface area (Å²) < 4.78 is 0. The first-order chi connectivity index (χ1) is 10.1. The summed E-state index contributed by atoms with van der Waals surface area (Å²) in [5, 5.41) is 3.12.